The summed E-state index contributed by atoms with van der Waals surface area (Å²) in [5.74, 6) is 1.60. The summed E-state index contributed by atoms with van der Waals surface area (Å²) in [6, 6.07) is 0. The SMILES string of the molecule is C#CC1(O)C(O)C(COP(=O)(O)OP(=O)(O)OP(=O)(O)O)OC1(C)n1cnc2c(=O)[nH]c(N)nc21. The highest BCUT2D eigenvalue weighted by atomic mass is 31.3. The molecule has 19 nitrogen and oxygen atoms in total. The maximum Gasteiger partial charge on any atom is 0.490 e. The third-order valence-electron chi connectivity index (χ3n) is 4.79. The lowest BCUT2D eigenvalue weighted by atomic mass is 9.87. The zero-order chi connectivity index (χ0) is 26.6. The second kappa shape index (κ2) is 8.83. The van der Waals surface area contributed by atoms with Crippen molar-refractivity contribution in [1.82, 2.24) is 19.5 Å². The molecule has 1 saturated heterocycles. The van der Waals surface area contributed by atoms with E-state index in [0.29, 0.717) is 0 Å². The first-order valence-electron chi connectivity index (χ1n) is 8.92. The number of aromatic amines is 1. The number of nitrogens with zero attached hydrogens (tertiary/aromatic N) is 3. The molecule has 0 radical (unpaired) electrons. The molecule has 6 atom stereocenters. The lowest BCUT2D eigenvalue weighted by Crippen LogP contribution is -2.55. The van der Waals surface area contributed by atoms with E-state index in [2.05, 4.69) is 28.1 Å². The van der Waals surface area contributed by atoms with Gasteiger partial charge in [0.2, 0.25) is 11.5 Å². The molecule has 3 rings (SSSR count). The molecule has 1 fully saturated rings. The molecular formula is C13H18N5O14P3. The molecule has 0 spiro atoms. The van der Waals surface area contributed by atoms with Crippen molar-refractivity contribution < 1.29 is 61.4 Å². The van der Waals surface area contributed by atoms with E-state index in [1.54, 1.807) is 0 Å². The fourth-order valence-electron chi connectivity index (χ4n) is 3.29. The number of terminal acetylenes is 1. The number of nitrogen functional groups attached to an aromatic ring is 1. The Morgan fingerprint density at radius 3 is 2.49 bits per heavy atom. The smallest absolute Gasteiger partial charge is 0.386 e. The Bertz CT molecular complexity index is 1400. The predicted octanol–water partition coefficient (Wildman–Crippen LogP) is -2.16. The first-order chi connectivity index (χ1) is 15.8. The third kappa shape index (κ3) is 5.26. The van der Waals surface area contributed by atoms with Gasteiger partial charge in [0.25, 0.3) is 5.56 Å². The van der Waals surface area contributed by atoms with Crippen molar-refractivity contribution in [1.29, 1.82) is 0 Å². The number of aromatic nitrogens is 4. The van der Waals surface area contributed by atoms with Crippen molar-refractivity contribution in [2.24, 2.45) is 0 Å². The van der Waals surface area contributed by atoms with Gasteiger partial charge in [0.15, 0.2) is 16.9 Å². The van der Waals surface area contributed by atoms with E-state index in [0.717, 1.165) is 17.8 Å². The molecule has 2 aromatic rings. The Balaban J connectivity index is 1.89. The van der Waals surface area contributed by atoms with Gasteiger partial charge in [-0.3, -0.25) is 18.9 Å². The molecule has 35 heavy (non-hydrogen) atoms. The minimum Gasteiger partial charge on any atom is -0.386 e. The Labute approximate surface area is 193 Å². The Morgan fingerprint density at radius 1 is 1.29 bits per heavy atom. The summed E-state index contributed by atoms with van der Waals surface area (Å²) < 4.78 is 52.3. The second-order valence-corrected chi connectivity index (χ2v) is 11.5. The zero-order valence-corrected chi connectivity index (χ0v) is 19.9. The fraction of sp³-hybridized carbons (Fsp3) is 0.462. The van der Waals surface area contributed by atoms with Crippen LogP contribution in [0.4, 0.5) is 5.95 Å². The van der Waals surface area contributed by atoms with Crippen LogP contribution in [0.3, 0.4) is 0 Å². The van der Waals surface area contributed by atoms with E-state index in [-0.39, 0.29) is 17.1 Å². The van der Waals surface area contributed by atoms with Gasteiger partial charge >= 0.3 is 23.5 Å². The molecule has 9 N–H and O–H groups in total. The quantitative estimate of drug-likeness (QED) is 0.126. The number of H-pyrrole nitrogens is 1. The maximum absolute atomic E-state index is 12.1. The summed E-state index contributed by atoms with van der Waals surface area (Å²) in [6.07, 6.45) is 2.62. The van der Waals surface area contributed by atoms with E-state index in [1.165, 1.54) is 0 Å². The molecule has 2 aromatic heterocycles. The lowest BCUT2D eigenvalue weighted by molar-refractivity contribution is -0.156. The van der Waals surface area contributed by atoms with Gasteiger partial charge in [0.05, 0.1) is 12.9 Å². The summed E-state index contributed by atoms with van der Waals surface area (Å²) in [4.78, 5) is 57.9. The van der Waals surface area contributed by atoms with Crippen LogP contribution >= 0.6 is 23.5 Å². The molecular weight excluding hydrogens is 543 g/mol. The van der Waals surface area contributed by atoms with Gasteiger partial charge in [-0.2, -0.15) is 13.6 Å². The standard InChI is InChI=1S/C13H18N5O14P3/c1-3-13(21)8(19)6(4-29-34(25,26)32-35(27,28)31-33(22,23)24)30-12(13,2)18-5-15-7-9(18)16-11(14)17-10(7)20/h1,5-6,8,19,21H,4H2,2H3,(H,25,26)(H,27,28)(H2,22,23,24)(H3,14,16,17,20). The first-order valence-corrected chi connectivity index (χ1v) is 13.4. The van der Waals surface area contributed by atoms with Crippen LogP contribution in [0.5, 0.6) is 0 Å². The lowest BCUT2D eigenvalue weighted by Gasteiger charge is -2.36. The molecule has 22 heteroatoms. The minimum absolute atomic E-state index is 0.219. The van der Waals surface area contributed by atoms with Gasteiger partial charge in [-0.05, 0) is 6.92 Å². The van der Waals surface area contributed by atoms with Crippen LogP contribution in [0.25, 0.3) is 11.2 Å². The molecule has 0 aliphatic carbocycles. The highest BCUT2D eigenvalue weighted by Crippen LogP contribution is 2.66. The number of anilines is 1. The first kappa shape index (κ1) is 27.6. The number of phosphoric ester groups is 1. The number of nitrogens with two attached hydrogens (primary N) is 1. The number of imidazole rings is 1. The van der Waals surface area contributed by atoms with Crippen molar-refractivity contribution in [3.63, 3.8) is 0 Å². The van der Waals surface area contributed by atoms with Crippen molar-refractivity contribution >= 4 is 40.6 Å². The van der Waals surface area contributed by atoms with Crippen molar-refractivity contribution in [2.75, 3.05) is 12.3 Å². The Kier molecular flexibility index (Phi) is 6.96. The molecule has 0 saturated carbocycles. The van der Waals surface area contributed by atoms with Crippen LogP contribution in [0.15, 0.2) is 11.1 Å². The average Bonchev–Trinajstić information content (AvgIpc) is 3.18. The van der Waals surface area contributed by atoms with Gasteiger partial charge in [-0.15, -0.1) is 6.42 Å². The molecule has 6 unspecified atom stereocenters. The summed E-state index contributed by atoms with van der Waals surface area (Å²) in [5, 5.41) is 21.7. The fourth-order valence-corrected chi connectivity index (χ4v) is 6.32. The summed E-state index contributed by atoms with van der Waals surface area (Å²) >= 11 is 0. The molecule has 1 aliphatic heterocycles. The van der Waals surface area contributed by atoms with E-state index >= 15 is 0 Å². The zero-order valence-electron chi connectivity index (χ0n) is 17.2. The van der Waals surface area contributed by atoms with Gasteiger partial charge in [0.1, 0.15) is 12.2 Å². The average molecular weight is 561 g/mol. The maximum atomic E-state index is 12.1. The van der Waals surface area contributed by atoms with Crippen LogP contribution in [0, 0.1) is 12.3 Å². The third-order valence-corrected chi connectivity index (χ3v) is 8.59. The van der Waals surface area contributed by atoms with E-state index in [4.69, 9.17) is 26.7 Å². The monoisotopic (exact) mass is 561 g/mol. The number of fused-ring (bicyclic) bond motifs is 1. The summed E-state index contributed by atoms with van der Waals surface area (Å²) in [6.45, 7) is 0.0221. The van der Waals surface area contributed by atoms with E-state index in [1.807, 2.05) is 5.92 Å². The van der Waals surface area contributed by atoms with Crippen LogP contribution in [-0.2, 0) is 37.3 Å². The number of rotatable bonds is 8. The van der Waals surface area contributed by atoms with E-state index < -0.39 is 59.2 Å². The van der Waals surface area contributed by atoms with Crippen molar-refractivity contribution in [3.05, 3.63) is 16.7 Å². The number of hydrogen-bond donors (Lipinski definition) is 8. The van der Waals surface area contributed by atoms with Gasteiger partial charge in [0, 0.05) is 0 Å². The number of aliphatic hydroxyl groups is 2. The highest BCUT2D eigenvalue weighted by Gasteiger charge is 2.64. The van der Waals surface area contributed by atoms with Crippen molar-refractivity contribution in [3.8, 4) is 12.3 Å². The normalized spacial score (nSPS) is 30.6. The largest absolute Gasteiger partial charge is 0.490 e. The molecule has 3 heterocycles. The van der Waals surface area contributed by atoms with E-state index in [9.17, 15) is 38.5 Å². The number of phosphoric acid groups is 3. The number of aliphatic hydroxyl groups excluding tert-OH is 1. The van der Waals surface area contributed by atoms with Crippen LogP contribution in [0.1, 0.15) is 6.92 Å². The Hall–Kier alpha value is -2.00. The number of nitrogens with one attached hydrogen (secondary N) is 1. The number of hydrogen-bond acceptors (Lipinski definition) is 13. The molecule has 0 amide bonds. The van der Waals surface area contributed by atoms with Crippen LogP contribution in [-0.4, -0.2) is 73.7 Å². The van der Waals surface area contributed by atoms with Gasteiger partial charge in [-0.1, -0.05) is 5.92 Å². The molecule has 1 aliphatic rings. The predicted molar refractivity (Wildman–Crippen MR) is 111 cm³/mol. The topological polar surface area (TPSA) is 299 Å². The second-order valence-electron chi connectivity index (χ2n) is 7.12. The van der Waals surface area contributed by atoms with Crippen molar-refractivity contribution in [2.45, 2.75) is 30.5 Å². The summed E-state index contributed by atoms with van der Waals surface area (Å²) in [5.41, 5.74) is -0.424. The highest BCUT2D eigenvalue weighted by molar-refractivity contribution is 7.66. The number of ether oxygens (including phenoxy) is 1. The summed E-state index contributed by atoms with van der Waals surface area (Å²) in [7, 11) is -17.0. The van der Waals surface area contributed by atoms with Gasteiger partial charge < -0.3 is 40.3 Å². The van der Waals surface area contributed by atoms with Crippen LogP contribution in [0.2, 0.25) is 0 Å². The Morgan fingerprint density at radius 2 is 1.91 bits per heavy atom. The molecule has 0 aromatic carbocycles. The molecule has 0 bridgehead atoms. The minimum atomic E-state index is -5.80. The van der Waals surface area contributed by atoms with Crippen LogP contribution < -0.4 is 11.3 Å². The molecule has 194 valence electrons. The van der Waals surface area contributed by atoms with Gasteiger partial charge in [-0.25, -0.2) is 18.7 Å².